The van der Waals surface area contributed by atoms with Gasteiger partial charge in [0.25, 0.3) is 5.91 Å². The first-order valence-electron chi connectivity index (χ1n) is 13.3. The molecule has 4 aromatic rings. The van der Waals surface area contributed by atoms with E-state index in [1.165, 1.54) is 18.3 Å². The lowest BCUT2D eigenvalue weighted by molar-refractivity contribution is -0.137. The van der Waals surface area contributed by atoms with E-state index in [1.54, 1.807) is 22.4 Å². The van der Waals surface area contributed by atoms with Crippen LogP contribution in [0.25, 0.3) is 16.8 Å². The molecule has 1 aromatic carbocycles. The third-order valence-corrected chi connectivity index (χ3v) is 7.10. The van der Waals surface area contributed by atoms with Crippen molar-refractivity contribution in [1.29, 1.82) is 0 Å². The fraction of sp³-hybridized carbons (Fsp3) is 0.321. The number of amides is 2. The van der Waals surface area contributed by atoms with E-state index in [2.05, 4.69) is 15.3 Å². The Balaban J connectivity index is 1.54. The zero-order valence-corrected chi connectivity index (χ0v) is 22.7. The van der Waals surface area contributed by atoms with Crippen LogP contribution in [0.1, 0.15) is 53.8 Å². The Morgan fingerprint density at radius 2 is 1.95 bits per heavy atom. The number of piperidine rings is 1. The molecule has 1 aliphatic rings. The Morgan fingerprint density at radius 3 is 2.67 bits per heavy atom. The van der Waals surface area contributed by atoms with E-state index in [-0.39, 0.29) is 40.3 Å². The van der Waals surface area contributed by atoms with Gasteiger partial charge in [0.1, 0.15) is 34.4 Å². The first kappa shape index (κ1) is 29.7. The number of pyridine rings is 1. The normalized spacial score (nSPS) is 15.6. The molecule has 0 spiro atoms. The molecule has 5 rings (SSSR count). The van der Waals surface area contributed by atoms with Gasteiger partial charge in [0.05, 0.1) is 5.56 Å². The number of benzene rings is 1. The van der Waals surface area contributed by atoms with Crippen molar-refractivity contribution in [2.45, 2.75) is 44.9 Å². The molecular weight excluding hydrogens is 577 g/mol. The van der Waals surface area contributed by atoms with Crippen molar-refractivity contribution in [2.24, 2.45) is 0 Å². The second kappa shape index (κ2) is 11.8. The lowest BCUT2D eigenvalue weighted by atomic mass is 9.97. The molecule has 4 heterocycles. The van der Waals surface area contributed by atoms with Crippen molar-refractivity contribution < 1.29 is 36.3 Å². The molecule has 43 heavy (non-hydrogen) atoms. The monoisotopic (exact) mass is 603 g/mol. The highest BCUT2D eigenvalue weighted by Crippen LogP contribution is 2.39. The number of carbonyl (C=O) groups excluding carboxylic acids is 2. The van der Waals surface area contributed by atoms with E-state index < -0.39 is 30.0 Å². The van der Waals surface area contributed by atoms with E-state index in [9.17, 15) is 31.5 Å². The molecule has 1 atom stereocenters. The van der Waals surface area contributed by atoms with Gasteiger partial charge in [-0.1, -0.05) is 6.92 Å². The van der Waals surface area contributed by atoms with Crippen LogP contribution in [0.4, 0.5) is 33.6 Å². The van der Waals surface area contributed by atoms with Gasteiger partial charge < -0.3 is 20.7 Å². The largest absolute Gasteiger partial charge is 0.434 e. The number of likely N-dealkylation sites (tertiary alicyclic amines) is 1. The Labute approximate surface area is 241 Å². The van der Waals surface area contributed by atoms with Crippen molar-refractivity contribution >= 4 is 29.0 Å². The molecule has 3 N–H and O–H groups in total. The van der Waals surface area contributed by atoms with Gasteiger partial charge in [0.15, 0.2) is 0 Å². The number of nitrogens with two attached hydrogens (primary N) is 1. The van der Waals surface area contributed by atoms with Gasteiger partial charge in [-0.25, -0.2) is 15.0 Å². The fourth-order valence-electron chi connectivity index (χ4n) is 5.12. The van der Waals surface area contributed by atoms with Gasteiger partial charge in [-0.15, -0.1) is 0 Å². The number of halogens is 5. The summed E-state index contributed by atoms with van der Waals surface area (Å²) in [6, 6.07) is 5.05. The highest BCUT2D eigenvalue weighted by molar-refractivity contribution is 6.04. The fourth-order valence-corrected chi connectivity index (χ4v) is 5.12. The molecule has 15 heteroatoms. The van der Waals surface area contributed by atoms with Gasteiger partial charge in [-0.05, 0) is 43.2 Å². The number of aromatic nitrogens is 4. The summed E-state index contributed by atoms with van der Waals surface area (Å²) in [4.78, 5) is 39.7. The third kappa shape index (κ3) is 6.20. The number of hydrogen-bond donors (Lipinski definition) is 2. The molecule has 1 unspecified atom stereocenters. The summed E-state index contributed by atoms with van der Waals surface area (Å²) in [6.45, 7) is -0.463. The van der Waals surface area contributed by atoms with Crippen LogP contribution in [0.15, 0.2) is 48.9 Å². The van der Waals surface area contributed by atoms with Crippen LogP contribution in [0.5, 0.6) is 5.75 Å². The number of nitrogen functional groups attached to an aromatic ring is 1. The molecule has 0 radical (unpaired) electrons. The predicted octanol–water partition coefficient (Wildman–Crippen LogP) is 5.36. The molecule has 226 valence electrons. The summed E-state index contributed by atoms with van der Waals surface area (Å²) in [7, 11) is 0. The molecule has 10 nitrogen and oxygen atoms in total. The topological polar surface area (TPSA) is 128 Å². The predicted molar refractivity (Wildman–Crippen MR) is 146 cm³/mol. The van der Waals surface area contributed by atoms with Gasteiger partial charge >= 0.3 is 12.8 Å². The summed E-state index contributed by atoms with van der Waals surface area (Å²) in [5.41, 5.74) is 5.57. The number of anilines is 2. The van der Waals surface area contributed by atoms with Gasteiger partial charge in [-0.2, -0.15) is 22.0 Å². The quantitative estimate of drug-likeness (QED) is 0.272. The average molecular weight is 604 g/mol. The van der Waals surface area contributed by atoms with Crippen molar-refractivity contribution in [3.63, 3.8) is 0 Å². The summed E-state index contributed by atoms with van der Waals surface area (Å²) in [5, 5.41) is 2.24. The molecule has 1 fully saturated rings. The number of fused-ring (bicyclic) bond motifs is 1. The number of rotatable bonds is 7. The van der Waals surface area contributed by atoms with E-state index in [1.807, 2.05) is 0 Å². The zero-order valence-electron chi connectivity index (χ0n) is 22.7. The molecule has 0 aliphatic carbocycles. The molecule has 3 aromatic heterocycles. The van der Waals surface area contributed by atoms with Crippen LogP contribution in [-0.4, -0.2) is 55.8 Å². The molecule has 1 saturated heterocycles. The Morgan fingerprint density at radius 1 is 1.16 bits per heavy atom. The van der Waals surface area contributed by atoms with Crippen molar-refractivity contribution in [1.82, 2.24) is 24.3 Å². The summed E-state index contributed by atoms with van der Waals surface area (Å²) in [6.07, 6.45) is 1.15. The molecule has 0 saturated carbocycles. The first-order valence-corrected chi connectivity index (χ1v) is 13.3. The minimum absolute atomic E-state index is 0.00813. The third-order valence-electron chi connectivity index (χ3n) is 7.10. The van der Waals surface area contributed by atoms with Gasteiger partial charge in [0.2, 0.25) is 5.91 Å². The van der Waals surface area contributed by atoms with Crippen molar-refractivity contribution in [3.05, 3.63) is 65.9 Å². The number of alkyl halides is 5. The Hall–Kier alpha value is -4.82. The van der Waals surface area contributed by atoms with Crippen LogP contribution >= 0.6 is 0 Å². The lowest BCUT2D eigenvalue weighted by Gasteiger charge is -2.32. The Bertz CT molecular complexity index is 1670. The highest BCUT2D eigenvalue weighted by atomic mass is 19.4. The molecule has 2 amide bonds. The number of nitrogens with one attached hydrogen (secondary N) is 1. The van der Waals surface area contributed by atoms with Gasteiger partial charge in [-0.3, -0.25) is 14.0 Å². The maximum absolute atomic E-state index is 13.6. The van der Waals surface area contributed by atoms with Crippen LogP contribution in [0.3, 0.4) is 0 Å². The average Bonchev–Trinajstić information content (AvgIpc) is 3.37. The smallest absolute Gasteiger partial charge is 0.416 e. The number of imidazole rings is 1. The summed E-state index contributed by atoms with van der Waals surface area (Å²) >= 11 is 0. The van der Waals surface area contributed by atoms with E-state index in [0.717, 1.165) is 31.2 Å². The van der Waals surface area contributed by atoms with Crippen LogP contribution < -0.4 is 15.8 Å². The maximum atomic E-state index is 13.6. The van der Waals surface area contributed by atoms with Gasteiger partial charge in [0, 0.05) is 55.1 Å². The van der Waals surface area contributed by atoms with E-state index in [0.29, 0.717) is 36.9 Å². The molecule has 1 aliphatic heterocycles. The SMILES string of the molecule is CCC(=O)N1CCCC(c2nc(-c3ccc(C(=O)Nc4cc(C(F)(F)F)ccn4)cc3OC(F)F)c3c(N)nccn23)C1. The standard InChI is InChI=1S/C28H26F5N7O3/c1-2-21(41)39-10-3-4-16(14-39)25-38-22(23-24(34)36-9-11-40(23)25)18-6-5-15(12-19(18)43-27(29)30)26(42)37-20-13-17(7-8-35-20)28(31,32)33/h5-9,11-13,16,27H,2-4,10,14H2,1H3,(H2,34,36)(H,35,37,42). The van der Waals surface area contributed by atoms with Crippen molar-refractivity contribution in [3.8, 4) is 17.0 Å². The van der Waals surface area contributed by atoms with Crippen LogP contribution in [0.2, 0.25) is 0 Å². The second-order valence-electron chi connectivity index (χ2n) is 9.85. The van der Waals surface area contributed by atoms with E-state index >= 15 is 0 Å². The number of nitrogens with zero attached hydrogens (tertiary/aromatic N) is 5. The van der Waals surface area contributed by atoms with E-state index in [4.69, 9.17) is 15.5 Å². The number of carbonyl (C=O) groups is 2. The highest BCUT2D eigenvalue weighted by Gasteiger charge is 2.32. The number of ether oxygens (including phenoxy) is 1. The lowest BCUT2D eigenvalue weighted by Crippen LogP contribution is -2.39. The minimum Gasteiger partial charge on any atom is -0.434 e. The summed E-state index contributed by atoms with van der Waals surface area (Å²) in [5.74, 6) is -1.27. The second-order valence-corrected chi connectivity index (χ2v) is 9.85. The van der Waals surface area contributed by atoms with Crippen LogP contribution in [-0.2, 0) is 11.0 Å². The first-order chi connectivity index (χ1) is 20.5. The maximum Gasteiger partial charge on any atom is 0.416 e. The Kier molecular flexibility index (Phi) is 8.15. The summed E-state index contributed by atoms with van der Waals surface area (Å²) < 4.78 is 72.8. The van der Waals surface area contributed by atoms with Crippen molar-refractivity contribution in [2.75, 3.05) is 24.1 Å². The minimum atomic E-state index is -4.66. The molecule has 0 bridgehead atoms. The molecular formula is C28H26F5N7O3. The number of hydrogen-bond acceptors (Lipinski definition) is 7. The zero-order chi connectivity index (χ0) is 30.9. The van der Waals surface area contributed by atoms with Crippen LogP contribution in [0, 0.1) is 0 Å².